The molecular formula is C23H31N3O3S. The van der Waals surface area contributed by atoms with Gasteiger partial charge in [0.2, 0.25) is 0 Å². The van der Waals surface area contributed by atoms with Crippen LogP contribution in [0.1, 0.15) is 66.0 Å². The Bertz CT molecular complexity index is 943. The summed E-state index contributed by atoms with van der Waals surface area (Å²) in [7, 11) is 0. The van der Waals surface area contributed by atoms with Crippen LogP contribution in [0.2, 0.25) is 0 Å². The van der Waals surface area contributed by atoms with Gasteiger partial charge in [-0.05, 0) is 77.6 Å². The summed E-state index contributed by atoms with van der Waals surface area (Å²) in [6.07, 6.45) is 2.99. The predicted molar refractivity (Wildman–Crippen MR) is 119 cm³/mol. The van der Waals surface area contributed by atoms with Gasteiger partial charge in [-0.2, -0.15) is 0 Å². The first kappa shape index (κ1) is 22.3. The van der Waals surface area contributed by atoms with Gasteiger partial charge in [0, 0.05) is 29.7 Å². The summed E-state index contributed by atoms with van der Waals surface area (Å²) >= 11 is 1.59. The minimum atomic E-state index is -0.545. The topological polar surface area (TPSA) is 71.5 Å². The third kappa shape index (κ3) is 5.39. The van der Waals surface area contributed by atoms with E-state index in [0.29, 0.717) is 25.1 Å². The highest BCUT2D eigenvalue weighted by atomic mass is 32.1. The minimum Gasteiger partial charge on any atom is -0.444 e. The van der Waals surface area contributed by atoms with Gasteiger partial charge >= 0.3 is 6.09 Å². The molecule has 0 unspecified atom stereocenters. The number of thiazole rings is 1. The third-order valence-corrected chi connectivity index (χ3v) is 6.24. The van der Waals surface area contributed by atoms with Crippen LogP contribution in [0.3, 0.4) is 0 Å². The number of hydrogen-bond donors (Lipinski definition) is 1. The molecule has 162 valence electrons. The van der Waals surface area contributed by atoms with Gasteiger partial charge in [-0.1, -0.05) is 6.07 Å². The molecule has 0 saturated carbocycles. The summed E-state index contributed by atoms with van der Waals surface area (Å²) < 4.78 is 5.51. The van der Waals surface area contributed by atoms with Crippen molar-refractivity contribution < 1.29 is 14.3 Å². The summed E-state index contributed by atoms with van der Waals surface area (Å²) in [5.74, 6) is -0.121. The highest BCUT2D eigenvalue weighted by molar-refractivity contribution is 7.11. The predicted octanol–water partition coefficient (Wildman–Crippen LogP) is 4.45. The molecule has 2 amide bonds. The first-order valence-electron chi connectivity index (χ1n) is 10.3. The monoisotopic (exact) mass is 429 g/mol. The number of carbonyl (C=O) groups excluding carboxylic acids is 2. The second-order valence-electron chi connectivity index (χ2n) is 9.31. The number of carbonyl (C=O) groups is 2. The van der Waals surface area contributed by atoms with Crippen LogP contribution in [0.25, 0.3) is 0 Å². The Morgan fingerprint density at radius 1 is 1.10 bits per heavy atom. The molecule has 0 radical (unpaired) electrons. The van der Waals surface area contributed by atoms with Gasteiger partial charge in [-0.3, -0.25) is 4.79 Å². The molecule has 0 fully saturated rings. The second kappa shape index (κ2) is 8.38. The van der Waals surface area contributed by atoms with Crippen molar-refractivity contribution in [2.45, 2.75) is 65.5 Å². The third-order valence-electron chi connectivity index (χ3n) is 5.00. The lowest BCUT2D eigenvalue weighted by Gasteiger charge is -2.26. The lowest BCUT2D eigenvalue weighted by atomic mass is 9.99. The van der Waals surface area contributed by atoms with Crippen molar-refractivity contribution in [1.29, 1.82) is 0 Å². The number of benzene rings is 1. The number of nitrogens with one attached hydrogen (secondary N) is 1. The largest absolute Gasteiger partial charge is 0.444 e. The summed E-state index contributed by atoms with van der Waals surface area (Å²) in [6, 6.07) is 5.82. The van der Waals surface area contributed by atoms with Crippen molar-refractivity contribution in [2.24, 2.45) is 0 Å². The zero-order chi connectivity index (χ0) is 22.1. The molecule has 1 aliphatic heterocycles. The average Bonchev–Trinajstić information content (AvgIpc) is 2.96. The lowest BCUT2D eigenvalue weighted by Crippen LogP contribution is -2.41. The number of aromatic nitrogens is 1. The van der Waals surface area contributed by atoms with Gasteiger partial charge in [-0.25, -0.2) is 9.78 Å². The normalized spacial score (nSPS) is 14.7. The molecule has 6 nitrogen and oxygen atoms in total. The van der Waals surface area contributed by atoms with Crippen LogP contribution in [0.5, 0.6) is 0 Å². The Hall–Kier alpha value is -2.41. The van der Waals surface area contributed by atoms with Crippen molar-refractivity contribution in [3.8, 4) is 0 Å². The Labute approximate surface area is 182 Å². The quantitative estimate of drug-likeness (QED) is 0.782. The molecule has 0 bridgehead atoms. The molecule has 1 aliphatic rings. The van der Waals surface area contributed by atoms with E-state index in [4.69, 9.17) is 4.74 Å². The number of ether oxygens (including phenoxy) is 1. The van der Waals surface area contributed by atoms with Gasteiger partial charge in [0.15, 0.2) is 0 Å². The van der Waals surface area contributed by atoms with E-state index >= 15 is 0 Å². The van der Waals surface area contributed by atoms with Gasteiger partial charge in [0.25, 0.3) is 5.91 Å². The van der Waals surface area contributed by atoms with Crippen LogP contribution in [0.15, 0.2) is 24.4 Å². The summed E-state index contributed by atoms with van der Waals surface area (Å²) in [4.78, 5) is 32.6. The number of amides is 2. The van der Waals surface area contributed by atoms with Crippen LogP contribution in [-0.2, 0) is 23.1 Å². The molecule has 1 aromatic carbocycles. The van der Waals surface area contributed by atoms with E-state index in [1.807, 2.05) is 65.9 Å². The standard InChI is InChI=1S/C23H31N3O3S/c1-15-14-24-20(30-15)23(5,6)25-19(27)18-8-7-16-9-11-26(12-10-17(16)13-18)21(28)29-22(2,3)4/h7-8,13-14H,9-12H2,1-6H3,(H,25,27). The zero-order valence-corrected chi connectivity index (χ0v) is 19.5. The maximum atomic E-state index is 12.9. The molecule has 3 rings (SSSR count). The zero-order valence-electron chi connectivity index (χ0n) is 18.7. The maximum absolute atomic E-state index is 12.9. The average molecular weight is 430 g/mol. The Kier molecular flexibility index (Phi) is 6.22. The Morgan fingerprint density at radius 2 is 1.77 bits per heavy atom. The molecular weight excluding hydrogens is 398 g/mol. The van der Waals surface area contributed by atoms with Crippen LogP contribution < -0.4 is 5.32 Å². The van der Waals surface area contributed by atoms with Crippen LogP contribution in [-0.4, -0.2) is 40.6 Å². The highest BCUT2D eigenvalue weighted by Gasteiger charge is 2.28. The lowest BCUT2D eigenvalue weighted by molar-refractivity contribution is 0.0258. The van der Waals surface area contributed by atoms with Crippen molar-refractivity contribution in [3.05, 3.63) is 51.0 Å². The van der Waals surface area contributed by atoms with E-state index in [1.54, 1.807) is 16.2 Å². The molecule has 0 saturated heterocycles. The number of fused-ring (bicyclic) bond motifs is 1. The second-order valence-corrected chi connectivity index (χ2v) is 10.5. The van der Waals surface area contributed by atoms with Crippen molar-refractivity contribution in [1.82, 2.24) is 15.2 Å². The van der Waals surface area contributed by atoms with Crippen molar-refractivity contribution in [2.75, 3.05) is 13.1 Å². The van der Waals surface area contributed by atoms with Gasteiger partial charge in [-0.15, -0.1) is 11.3 Å². The molecule has 2 aromatic rings. The van der Waals surface area contributed by atoms with Crippen LogP contribution in [0.4, 0.5) is 4.79 Å². The highest BCUT2D eigenvalue weighted by Crippen LogP contribution is 2.26. The number of rotatable bonds is 3. The molecule has 0 spiro atoms. The molecule has 1 N–H and O–H groups in total. The molecule has 0 aliphatic carbocycles. The fraction of sp³-hybridized carbons (Fsp3) is 0.522. The molecule has 30 heavy (non-hydrogen) atoms. The van der Waals surface area contributed by atoms with E-state index in [2.05, 4.69) is 10.3 Å². The van der Waals surface area contributed by atoms with Crippen LogP contribution >= 0.6 is 11.3 Å². The van der Waals surface area contributed by atoms with Crippen LogP contribution in [0, 0.1) is 6.92 Å². The Morgan fingerprint density at radius 3 is 2.37 bits per heavy atom. The fourth-order valence-electron chi connectivity index (χ4n) is 3.43. The number of aryl methyl sites for hydroxylation is 1. The van der Waals surface area contributed by atoms with E-state index < -0.39 is 11.1 Å². The SMILES string of the molecule is Cc1cnc(C(C)(C)NC(=O)c2ccc3c(c2)CCN(C(=O)OC(C)(C)C)CC3)s1. The minimum absolute atomic E-state index is 0.121. The molecule has 0 atom stereocenters. The Balaban J connectivity index is 1.70. The van der Waals surface area contributed by atoms with E-state index in [-0.39, 0.29) is 12.0 Å². The van der Waals surface area contributed by atoms with E-state index in [9.17, 15) is 9.59 Å². The number of nitrogens with zero attached hydrogens (tertiary/aromatic N) is 2. The van der Waals surface area contributed by atoms with E-state index in [0.717, 1.165) is 21.9 Å². The van der Waals surface area contributed by atoms with Gasteiger partial charge in [0.1, 0.15) is 10.6 Å². The first-order chi connectivity index (χ1) is 13.9. The molecule has 7 heteroatoms. The summed E-state index contributed by atoms with van der Waals surface area (Å²) in [6.45, 7) is 12.7. The number of hydrogen-bond acceptors (Lipinski definition) is 5. The maximum Gasteiger partial charge on any atom is 0.410 e. The summed E-state index contributed by atoms with van der Waals surface area (Å²) in [5.41, 5.74) is 1.85. The van der Waals surface area contributed by atoms with Gasteiger partial charge in [0.05, 0.1) is 5.54 Å². The first-order valence-corrected chi connectivity index (χ1v) is 11.1. The van der Waals surface area contributed by atoms with Crippen molar-refractivity contribution in [3.63, 3.8) is 0 Å². The van der Waals surface area contributed by atoms with E-state index in [1.165, 1.54) is 5.56 Å². The molecule has 1 aromatic heterocycles. The van der Waals surface area contributed by atoms with Gasteiger partial charge < -0.3 is 15.0 Å². The van der Waals surface area contributed by atoms with Crippen molar-refractivity contribution >= 4 is 23.3 Å². The smallest absolute Gasteiger partial charge is 0.410 e. The molecule has 2 heterocycles. The fourth-order valence-corrected chi connectivity index (χ4v) is 4.25. The summed E-state index contributed by atoms with van der Waals surface area (Å²) in [5, 5.41) is 3.99.